The van der Waals surface area contributed by atoms with Gasteiger partial charge in [-0.1, -0.05) is 26.0 Å². The van der Waals surface area contributed by atoms with Crippen molar-refractivity contribution in [2.24, 2.45) is 5.41 Å². The number of carbonyl (C=O) groups is 2. The number of aromatic hydroxyl groups is 1. The lowest BCUT2D eigenvalue weighted by molar-refractivity contribution is -0.119. The fourth-order valence-electron chi connectivity index (χ4n) is 4.28. The number of ketones is 2. The van der Waals surface area contributed by atoms with Crippen molar-refractivity contribution in [3.63, 3.8) is 0 Å². The Morgan fingerprint density at radius 2 is 1.80 bits per heavy atom. The molecule has 0 bridgehead atoms. The molecule has 0 fully saturated rings. The molecule has 1 unspecified atom stereocenters. The van der Waals surface area contributed by atoms with Gasteiger partial charge >= 0.3 is 0 Å². The molecule has 1 heterocycles. The van der Waals surface area contributed by atoms with Crippen LogP contribution in [0.5, 0.6) is 5.75 Å². The third kappa shape index (κ3) is 2.70. The summed E-state index contributed by atoms with van der Waals surface area (Å²) in [7, 11) is 0. The molecule has 0 aromatic heterocycles. The number of phenolic OH excluding ortho intramolecular Hbond substituents is 1. The highest BCUT2D eigenvalue weighted by Crippen LogP contribution is 2.51. The Morgan fingerprint density at radius 1 is 1.04 bits per heavy atom. The van der Waals surface area contributed by atoms with Crippen LogP contribution in [0.15, 0.2) is 46.9 Å². The van der Waals surface area contributed by atoms with Gasteiger partial charge in [0.15, 0.2) is 11.6 Å². The zero-order valence-electron chi connectivity index (χ0n) is 14.6. The highest BCUT2D eigenvalue weighted by atomic mass is 16.5. The van der Waals surface area contributed by atoms with Crippen molar-refractivity contribution in [2.45, 2.75) is 51.9 Å². The molecule has 3 aliphatic rings. The molecule has 2 aliphatic carbocycles. The highest BCUT2D eigenvalue weighted by Gasteiger charge is 2.45. The summed E-state index contributed by atoms with van der Waals surface area (Å²) < 4.78 is 6.11. The molecule has 1 aromatic carbocycles. The summed E-state index contributed by atoms with van der Waals surface area (Å²) in [6, 6.07) is 6.88. The summed E-state index contributed by atoms with van der Waals surface area (Å²) >= 11 is 0. The van der Waals surface area contributed by atoms with Crippen LogP contribution in [0.25, 0.3) is 0 Å². The van der Waals surface area contributed by atoms with Gasteiger partial charge in [-0.05, 0) is 29.5 Å². The maximum absolute atomic E-state index is 13.0. The normalized spacial score (nSPS) is 25.4. The number of allylic oxidation sites excluding steroid dienone is 4. The molecular weight excluding hydrogens is 316 g/mol. The van der Waals surface area contributed by atoms with E-state index in [1.807, 2.05) is 6.07 Å². The van der Waals surface area contributed by atoms with Crippen molar-refractivity contribution in [3.8, 4) is 5.75 Å². The molecule has 1 atom stereocenters. The second-order valence-electron chi connectivity index (χ2n) is 8.02. The molecule has 0 spiro atoms. The number of hydrogen-bond donors (Lipinski definition) is 1. The minimum Gasteiger partial charge on any atom is -0.508 e. The zero-order valence-corrected chi connectivity index (χ0v) is 14.6. The summed E-state index contributed by atoms with van der Waals surface area (Å²) in [6.07, 6.45) is 3.13. The van der Waals surface area contributed by atoms with Crippen LogP contribution in [-0.2, 0) is 14.3 Å². The van der Waals surface area contributed by atoms with Crippen LogP contribution >= 0.6 is 0 Å². The summed E-state index contributed by atoms with van der Waals surface area (Å²) in [5, 5.41) is 9.92. The van der Waals surface area contributed by atoms with Crippen molar-refractivity contribution in [3.05, 3.63) is 52.5 Å². The lowest BCUT2D eigenvalue weighted by atomic mass is 9.68. The SMILES string of the molecule is CC1(C)CC(=O)C2=C(C1)OC1=C(C(=O)CCC1)C2c1cccc(O)c1. The molecule has 4 nitrogen and oxygen atoms in total. The Hall–Kier alpha value is -2.36. The fourth-order valence-corrected chi connectivity index (χ4v) is 4.28. The van der Waals surface area contributed by atoms with Crippen LogP contribution in [0, 0.1) is 5.41 Å². The van der Waals surface area contributed by atoms with E-state index in [-0.39, 0.29) is 22.7 Å². The van der Waals surface area contributed by atoms with Crippen LogP contribution in [0.4, 0.5) is 0 Å². The summed E-state index contributed by atoms with van der Waals surface area (Å²) in [6.45, 7) is 4.13. The number of rotatable bonds is 1. The predicted molar refractivity (Wildman–Crippen MR) is 92.9 cm³/mol. The van der Waals surface area contributed by atoms with Crippen molar-refractivity contribution in [1.29, 1.82) is 0 Å². The molecule has 0 saturated heterocycles. The van der Waals surface area contributed by atoms with E-state index in [0.717, 1.165) is 18.4 Å². The lowest BCUT2D eigenvalue weighted by Gasteiger charge is -2.40. The van der Waals surface area contributed by atoms with Crippen molar-refractivity contribution < 1.29 is 19.4 Å². The molecule has 1 aromatic rings. The van der Waals surface area contributed by atoms with E-state index < -0.39 is 5.92 Å². The van der Waals surface area contributed by atoms with E-state index >= 15 is 0 Å². The van der Waals surface area contributed by atoms with E-state index in [1.54, 1.807) is 18.2 Å². The van der Waals surface area contributed by atoms with Gasteiger partial charge in [0.1, 0.15) is 17.3 Å². The second-order valence-corrected chi connectivity index (χ2v) is 8.02. The smallest absolute Gasteiger partial charge is 0.163 e. The molecule has 0 amide bonds. The minimum atomic E-state index is -0.415. The van der Waals surface area contributed by atoms with Gasteiger partial charge in [-0.2, -0.15) is 0 Å². The van der Waals surface area contributed by atoms with Crippen LogP contribution in [-0.4, -0.2) is 16.7 Å². The zero-order chi connectivity index (χ0) is 17.8. The van der Waals surface area contributed by atoms with Gasteiger partial charge in [0, 0.05) is 42.7 Å². The molecule has 130 valence electrons. The second kappa shape index (κ2) is 5.58. The van der Waals surface area contributed by atoms with Gasteiger partial charge in [0.05, 0.1) is 0 Å². The molecule has 0 radical (unpaired) electrons. The standard InChI is InChI=1S/C21H22O4/c1-21(2)10-15(24)20-17(11-21)25-16-8-4-7-14(23)19(16)18(20)12-5-3-6-13(22)9-12/h3,5-6,9,18,22H,4,7-8,10-11H2,1-2H3. The number of Topliss-reactive ketones (excluding diaryl/α,β-unsaturated/α-hetero) is 2. The summed E-state index contributed by atoms with van der Waals surface area (Å²) in [5.74, 6) is 1.25. The predicted octanol–water partition coefficient (Wildman–Crippen LogP) is 4.16. The fraction of sp³-hybridized carbons (Fsp3) is 0.429. The van der Waals surface area contributed by atoms with Gasteiger partial charge in [0.2, 0.25) is 0 Å². The van der Waals surface area contributed by atoms with E-state index in [1.165, 1.54) is 0 Å². The van der Waals surface area contributed by atoms with Crippen LogP contribution in [0.1, 0.15) is 57.4 Å². The lowest BCUT2D eigenvalue weighted by Crippen LogP contribution is -2.34. The number of hydrogen-bond acceptors (Lipinski definition) is 4. The molecule has 1 N–H and O–H groups in total. The summed E-state index contributed by atoms with van der Waals surface area (Å²) in [5.41, 5.74) is 1.87. The van der Waals surface area contributed by atoms with E-state index in [9.17, 15) is 14.7 Å². The first kappa shape index (κ1) is 16.1. The van der Waals surface area contributed by atoms with E-state index in [2.05, 4.69) is 13.8 Å². The maximum Gasteiger partial charge on any atom is 0.163 e. The van der Waals surface area contributed by atoms with Crippen LogP contribution in [0.2, 0.25) is 0 Å². The number of benzene rings is 1. The van der Waals surface area contributed by atoms with Crippen molar-refractivity contribution in [2.75, 3.05) is 0 Å². The van der Waals surface area contributed by atoms with E-state index in [0.29, 0.717) is 41.9 Å². The Bertz CT molecular complexity index is 841. The van der Waals surface area contributed by atoms with Crippen LogP contribution in [0.3, 0.4) is 0 Å². The molecule has 1 aliphatic heterocycles. The molecule has 25 heavy (non-hydrogen) atoms. The topological polar surface area (TPSA) is 63.6 Å². The Labute approximate surface area is 147 Å². The first-order valence-corrected chi connectivity index (χ1v) is 8.85. The molecule has 0 saturated carbocycles. The molecule has 4 heteroatoms. The average molecular weight is 338 g/mol. The van der Waals surface area contributed by atoms with Gasteiger partial charge in [-0.25, -0.2) is 0 Å². The third-order valence-corrected chi connectivity index (χ3v) is 5.31. The monoisotopic (exact) mass is 338 g/mol. The Morgan fingerprint density at radius 3 is 2.56 bits per heavy atom. The highest BCUT2D eigenvalue weighted by molar-refractivity contribution is 6.06. The quantitative estimate of drug-likeness (QED) is 0.835. The first-order valence-electron chi connectivity index (χ1n) is 8.85. The molecule has 4 rings (SSSR count). The number of phenols is 1. The Kier molecular flexibility index (Phi) is 3.60. The third-order valence-electron chi connectivity index (χ3n) is 5.31. The number of ether oxygens (including phenoxy) is 1. The number of carbonyl (C=O) groups excluding carboxylic acids is 2. The van der Waals surface area contributed by atoms with Gasteiger partial charge < -0.3 is 9.84 Å². The van der Waals surface area contributed by atoms with Gasteiger partial charge in [-0.3, -0.25) is 9.59 Å². The Balaban J connectivity index is 1.92. The van der Waals surface area contributed by atoms with Gasteiger partial charge in [-0.15, -0.1) is 0 Å². The minimum absolute atomic E-state index is 0.0458. The first-order chi connectivity index (χ1) is 11.9. The molecular formula is C21H22O4. The van der Waals surface area contributed by atoms with Crippen molar-refractivity contribution >= 4 is 11.6 Å². The summed E-state index contributed by atoms with van der Waals surface area (Å²) in [4.78, 5) is 25.6. The maximum atomic E-state index is 13.0. The largest absolute Gasteiger partial charge is 0.508 e. The van der Waals surface area contributed by atoms with Gasteiger partial charge in [0.25, 0.3) is 0 Å². The van der Waals surface area contributed by atoms with Crippen LogP contribution < -0.4 is 0 Å². The average Bonchev–Trinajstić information content (AvgIpc) is 2.52. The van der Waals surface area contributed by atoms with E-state index in [4.69, 9.17) is 4.74 Å². The van der Waals surface area contributed by atoms with Crippen molar-refractivity contribution in [1.82, 2.24) is 0 Å².